The molecule has 0 aliphatic heterocycles. The van der Waals surface area contributed by atoms with Crippen molar-refractivity contribution in [2.45, 2.75) is 6.10 Å². The summed E-state index contributed by atoms with van der Waals surface area (Å²) in [5, 5.41) is 22.0. The van der Waals surface area contributed by atoms with Gasteiger partial charge in [0.15, 0.2) is 0 Å². The van der Waals surface area contributed by atoms with E-state index in [1.165, 1.54) is 18.5 Å². The number of nitrogens with zero attached hydrogens (tertiary/aromatic N) is 1. The van der Waals surface area contributed by atoms with Crippen molar-refractivity contribution in [3.05, 3.63) is 53.9 Å². The fraction of sp³-hybridized carbons (Fsp3) is 0.143. The van der Waals surface area contributed by atoms with Crippen LogP contribution in [0.5, 0.6) is 5.75 Å². The molecule has 2 aromatic rings. The van der Waals surface area contributed by atoms with Crippen LogP contribution in [0, 0.1) is 0 Å². The highest BCUT2D eigenvalue weighted by Crippen LogP contribution is 2.16. The van der Waals surface area contributed by atoms with E-state index in [0.29, 0.717) is 11.3 Å². The van der Waals surface area contributed by atoms with E-state index in [-0.39, 0.29) is 17.9 Å². The van der Waals surface area contributed by atoms with Crippen LogP contribution in [0.3, 0.4) is 0 Å². The molecule has 0 saturated heterocycles. The summed E-state index contributed by atoms with van der Waals surface area (Å²) < 4.78 is 0. The summed E-state index contributed by atoms with van der Waals surface area (Å²) in [4.78, 5) is 15.5. The third-order valence-electron chi connectivity index (χ3n) is 2.82. The number of aromatic hydroxyl groups is 1. The van der Waals surface area contributed by atoms with Crippen LogP contribution in [-0.4, -0.2) is 27.6 Å². The Bertz CT molecular complexity index is 599. The van der Waals surface area contributed by atoms with Crippen molar-refractivity contribution in [3.8, 4) is 5.75 Å². The van der Waals surface area contributed by atoms with E-state index in [1.54, 1.807) is 24.3 Å². The van der Waals surface area contributed by atoms with Gasteiger partial charge in [-0.2, -0.15) is 0 Å². The van der Waals surface area contributed by atoms with Gasteiger partial charge in [-0.05, 0) is 23.8 Å². The molecule has 1 heterocycles. The smallest absolute Gasteiger partial charge is 0.255 e. The van der Waals surface area contributed by atoms with Crippen LogP contribution in [-0.2, 0) is 0 Å². The van der Waals surface area contributed by atoms with Crippen molar-refractivity contribution in [1.82, 2.24) is 10.3 Å². The van der Waals surface area contributed by atoms with Gasteiger partial charge in [-0.25, -0.2) is 0 Å². The number of aromatic nitrogens is 1. The number of pyridine rings is 1. The second kappa shape index (κ2) is 6.03. The highest BCUT2D eigenvalue weighted by Gasteiger charge is 2.13. The lowest BCUT2D eigenvalue weighted by atomic mass is 10.1. The molecule has 1 aromatic carbocycles. The first kappa shape index (κ1) is 13.8. The lowest BCUT2D eigenvalue weighted by Gasteiger charge is -2.12. The van der Waals surface area contributed by atoms with Crippen molar-refractivity contribution in [3.63, 3.8) is 0 Å². The molecule has 5 N–H and O–H groups in total. The van der Waals surface area contributed by atoms with Crippen LogP contribution < -0.4 is 11.1 Å². The van der Waals surface area contributed by atoms with Crippen LogP contribution in [0.1, 0.15) is 22.0 Å². The summed E-state index contributed by atoms with van der Waals surface area (Å²) in [6.07, 6.45) is 1.75. The Morgan fingerprint density at radius 3 is 2.65 bits per heavy atom. The molecule has 0 fully saturated rings. The van der Waals surface area contributed by atoms with Crippen LogP contribution in [0.4, 0.5) is 5.69 Å². The number of hydrogen-bond acceptors (Lipinski definition) is 5. The Morgan fingerprint density at radius 2 is 2.00 bits per heavy atom. The van der Waals surface area contributed by atoms with Gasteiger partial charge in [0, 0.05) is 18.4 Å². The largest absolute Gasteiger partial charge is 0.505 e. The zero-order valence-electron chi connectivity index (χ0n) is 10.7. The monoisotopic (exact) mass is 273 g/mol. The van der Waals surface area contributed by atoms with Crippen molar-refractivity contribution in [1.29, 1.82) is 0 Å². The molecular weight excluding hydrogens is 258 g/mol. The molecule has 6 nitrogen and oxygen atoms in total. The summed E-state index contributed by atoms with van der Waals surface area (Å²) in [5.74, 6) is -0.675. The average Bonchev–Trinajstić information content (AvgIpc) is 2.45. The average molecular weight is 273 g/mol. The van der Waals surface area contributed by atoms with Gasteiger partial charge in [-0.1, -0.05) is 12.1 Å². The number of rotatable bonds is 4. The van der Waals surface area contributed by atoms with E-state index in [2.05, 4.69) is 10.3 Å². The summed E-state index contributed by atoms with van der Waals surface area (Å²) in [6, 6.07) is 8.14. The summed E-state index contributed by atoms with van der Waals surface area (Å²) in [6.45, 7) is 0.0323. The molecule has 104 valence electrons. The maximum atomic E-state index is 11.8. The molecule has 1 aromatic heterocycles. The molecule has 1 atom stereocenters. The van der Waals surface area contributed by atoms with Gasteiger partial charge in [-0.15, -0.1) is 0 Å². The Morgan fingerprint density at radius 1 is 1.30 bits per heavy atom. The minimum absolute atomic E-state index is 0.0323. The van der Waals surface area contributed by atoms with E-state index < -0.39 is 12.0 Å². The molecule has 0 aliphatic rings. The Balaban J connectivity index is 1.97. The number of anilines is 1. The molecule has 0 radical (unpaired) electrons. The molecule has 0 aliphatic carbocycles. The second-order valence-electron chi connectivity index (χ2n) is 4.29. The van der Waals surface area contributed by atoms with Gasteiger partial charge in [0.1, 0.15) is 5.75 Å². The summed E-state index contributed by atoms with van der Waals surface area (Å²) in [7, 11) is 0. The van der Waals surface area contributed by atoms with Gasteiger partial charge in [0.2, 0.25) is 0 Å². The highest BCUT2D eigenvalue weighted by molar-refractivity contribution is 5.96. The van der Waals surface area contributed by atoms with Crippen LogP contribution >= 0.6 is 0 Å². The topological polar surface area (TPSA) is 108 Å². The van der Waals surface area contributed by atoms with Crippen LogP contribution in [0.15, 0.2) is 42.7 Å². The highest BCUT2D eigenvalue weighted by atomic mass is 16.3. The second-order valence-corrected chi connectivity index (χ2v) is 4.29. The molecular formula is C14H15N3O3. The predicted octanol–water partition coefficient (Wildman–Crippen LogP) is 0.833. The first-order valence-corrected chi connectivity index (χ1v) is 6.02. The minimum Gasteiger partial charge on any atom is -0.505 e. The Hall–Kier alpha value is -2.60. The molecule has 20 heavy (non-hydrogen) atoms. The van der Waals surface area contributed by atoms with Crippen molar-refractivity contribution < 1.29 is 15.0 Å². The van der Waals surface area contributed by atoms with E-state index in [4.69, 9.17) is 5.73 Å². The minimum atomic E-state index is -0.844. The number of benzene rings is 1. The number of carbonyl (C=O) groups excluding carboxylic acids is 1. The lowest BCUT2D eigenvalue weighted by molar-refractivity contribution is 0.0913. The fourth-order valence-corrected chi connectivity index (χ4v) is 1.70. The Kier molecular flexibility index (Phi) is 4.17. The van der Waals surface area contributed by atoms with Gasteiger partial charge in [0.25, 0.3) is 5.91 Å². The van der Waals surface area contributed by atoms with Gasteiger partial charge >= 0.3 is 0 Å². The number of aliphatic hydroxyl groups excluding tert-OH is 1. The lowest BCUT2D eigenvalue weighted by Crippen LogP contribution is -2.28. The third-order valence-corrected chi connectivity index (χ3v) is 2.82. The van der Waals surface area contributed by atoms with E-state index in [9.17, 15) is 15.0 Å². The Labute approximate surface area is 115 Å². The zero-order valence-corrected chi connectivity index (χ0v) is 10.7. The van der Waals surface area contributed by atoms with Gasteiger partial charge in [-0.3, -0.25) is 9.78 Å². The van der Waals surface area contributed by atoms with Gasteiger partial charge in [0.05, 0.1) is 17.9 Å². The number of aliphatic hydroxyl groups is 1. The number of nitrogens with two attached hydrogens (primary N) is 1. The number of amides is 1. The van der Waals surface area contributed by atoms with E-state index in [1.807, 2.05) is 0 Å². The van der Waals surface area contributed by atoms with E-state index >= 15 is 0 Å². The van der Waals surface area contributed by atoms with E-state index in [0.717, 1.165) is 0 Å². The number of nitrogens with one attached hydrogen (secondary N) is 1. The quantitative estimate of drug-likeness (QED) is 0.617. The van der Waals surface area contributed by atoms with Crippen molar-refractivity contribution in [2.24, 2.45) is 0 Å². The number of hydrogen-bond donors (Lipinski definition) is 4. The van der Waals surface area contributed by atoms with Crippen molar-refractivity contribution in [2.75, 3.05) is 12.3 Å². The normalized spacial score (nSPS) is 11.8. The maximum Gasteiger partial charge on any atom is 0.255 e. The third kappa shape index (κ3) is 3.24. The summed E-state index contributed by atoms with van der Waals surface area (Å²) >= 11 is 0. The summed E-state index contributed by atoms with van der Waals surface area (Å²) in [5.41, 5.74) is 6.93. The first-order chi connectivity index (χ1) is 9.58. The maximum absolute atomic E-state index is 11.8. The standard InChI is InChI=1S/C14H15N3O3/c15-10-3-1-9(2-4-10)12(18)8-17-14(20)11-5-6-16-7-13(11)19/h1-7,12,18-19H,8,15H2,(H,17,20). The molecule has 2 rings (SSSR count). The van der Waals surface area contributed by atoms with Crippen LogP contribution in [0.2, 0.25) is 0 Å². The predicted molar refractivity (Wildman–Crippen MR) is 74.0 cm³/mol. The zero-order chi connectivity index (χ0) is 14.5. The van der Waals surface area contributed by atoms with Gasteiger partial charge < -0.3 is 21.3 Å². The fourth-order valence-electron chi connectivity index (χ4n) is 1.70. The van der Waals surface area contributed by atoms with Crippen LogP contribution in [0.25, 0.3) is 0 Å². The molecule has 6 heteroatoms. The van der Waals surface area contributed by atoms with Crippen molar-refractivity contribution >= 4 is 11.6 Å². The SMILES string of the molecule is Nc1ccc(C(O)CNC(=O)c2ccncc2O)cc1. The first-order valence-electron chi connectivity index (χ1n) is 6.02. The number of carbonyl (C=O) groups is 1. The molecule has 0 saturated carbocycles. The molecule has 1 unspecified atom stereocenters. The molecule has 1 amide bonds. The molecule has 0 bridgehead atoms. The molecule has 0 spiro atoms. The number of nitrogen functional groups attached to an aromatic ring is 1.